The molecule has 0 bridgehead atoms. The molecular formula is C35H31F2NO6. The number of esters is 3. The molecule has 4 aromatic rings. The Labute approximate surface area is 254 Å². The molecule has 1 heterocycles. The number of carbonyl (C=O) groups excluding carboxylic acids is 3. The molecule has 0 aliphatic carbocycles. The third kappa shape index (κ3) is 7.54. The summed E-state index contributed by atoms with van der Waals surface area (Å²) in [6.45, 7) is -0.0519. The van der Waals surface area contributed by atoms with Gasteiger partial charge in [0.1, 0.15) is 6.04 Å². The van der Waals surface area contributed by atoms with Gasteiger partial charge >= 0.3 is 17.9 Å². The topological polar surface area (TPSA) is 82.1 Å². The summed E-state index contributed by atoms with van der Waals surface area (Å²) in [6.07, 6.45) is -7.04. The summed E-state index contributed by atoms with van der Waals surface area (Å²) in [4.78, 5) is 41.2. The molecule has 4 aromatic carbocycles. The van der Waals surface area contributed by atoms with Gasteiger partial charge in [-0.2, -0.15) is 0 Å². The van der Waals surface area contributed by atoms with Gasteiger partial charge in [0.05, 0.1) is 16.7 Å². The second-order valence-electron chi connectivity index (χ2n) is 10.3. The summed E-state index contributed by atoms with van der Waals surface area (Å²) in [7, 11) is 0. The lowest BCUT2D eigenvalue weighted by Crippen LogP contribution is -2.66. The maximum atomic E-state index is 15.0. The van der Waals surface area contributed by atoms with Gasteiger partial charge in [-0.15, -0.1) is 0 Å². The van der Waals surface area contributed by atoms with Crippen molar-refractivity contribution in [3.63, 3.8) is 0 Å². The first-order valence-electron chi connectivity index (χ1n) is 14.2. The molecule has 1 saturated heterocycles. The first-order chi connectivity index (χ1) is 21.4. The summed E-state index contributed by atoms with van der Waals surface area (Å²) in [6, 6.07) is 31.7. The lowest BCUT2D eigenvalue weighted by Gasteiger charge is -2.46. The van der Waals surface area contributed by atoms with E-state index >= 15 is 8.78 Å². The maximum absolute atomic E-state index is 15.0. The second kappa shape index (κ2) is 14.5. The fraction of sp³-hybridized carbons (Fsp3) is 0.229. The highest BCUT2D eigenvalue weighted by molar-refractivity contribution is 5.91. The summed E-state index contributed by atoms with van der Waals surface area (Å²) >= 11 is 0. The minimum atomic E-state index is -3.00. The zero-order valence-electron chi connectivity index (χ0n) is 23.7. The Morgan fingerprint density at radius 3 is 1.48 bits per heavy atom. The van der Waals surface area contributed by atoms with Crippen LogP contribution >= 0.6 is 0 Å². The summed E-state index contributed by atoms with van der Waals surface area (Å²) in [5.41, 5.74) is 1.43. The van der Waals surface area contributed by atoms with Crippen LogP contribution in [0.25, 0.3) is 0 Å². The number of benzene rings is 4. The SMILES string of the molecule is O=C(O[C@H]1[C@H](OC(=O)c2ccccc2)[C@@H](C(F)F)N(CCc2ccccc2)C[C@@H]1OC(=O)c1ccccc1)c1ccccc1. The molecule has 4 atom stereocenters. The Morgan fingerprint density at radius 1 is 0.614 bits per heavy atom. The second-order valence-corrected chi connectivity index (χ2v) is 10.3. The molecule has 0 aromatic heterocycles. The monoisotopic (exact) mass is 599 g/mol. The van der Waals surface area contributed by atoms with E-state index in [9.17, 15) is 14.4 Å². The number of hydrogen-bond donors (Lipinski definition) is 0. The molecule has 1 aliphatic rings. The van der Waals surface area contributed by atoms with E-state index in [0.29, 0.717) is 6.42 Å². The van der Waals surface area contributed by atoms with Crippen LogP contribution in [-0.2, 0) is 20.6 Å². The van der Waals surface area contributed by atoms with E-state index in [4.69, 9.17) is 14.2 Å². The number of ether oxygens (including phenoxy) is 3. The Bertz CT molecular complexity index is 1520. The Kier molecular flexibility index (Phi) is 10.1. The van der Waals surface area contributed by atoms with Gasteiger partial charge < -0.3 is 14.2 Å². The fourth-order valence-electron chi connectivity index (χ4n) is 5.23. The standard InChI is InChI=1S/C35H31F2NO6/c36-32(37)29-31(44-35(41)27-19-11-4-12-20-27)30(43-34(40)26-17-9-3-10-18-26)28(42-33(39)25-15-7-2-8-16-25)23-38(29)22-21-24-13-5-1-6-14-24/h1-20,28-32H,21-23H2/t28-,29-,30+,31+/m0/s1. The highest BCUT2D eigenvalue weighted by Gasteiger charge is 2.53. The molecule has 7 nitrogen and oxygen atoms in total. The maximum Gasteiger partial charge on any atom is 0.338 e. The van der Waals surface area contributed by atoms with Crippen LogP contribution in [0.2, 0.25) is 0 Å². The summed E-state index contributed by atoms with van der Waals surface area (Å²) in [5, 5.41) is 0. The van der Waals surface area contributed by atoms with Gasteiger partial charge in [0.2, 0.25) is 0 Å². The van der Waals surface area contributed by atoms with Gasteiger partial charge in [-0.3, -0.25) is 4.90 Å². The van der Waals surface area contributed by atoms with Crippen molar-refractivity contribution >= 4 is 17.9 Å². The molecular weight excluding hydrogens is 568 g/mol. The van der Waals surface area contributed by atoms with E-state index in [1.807, 2.05) is 30.3 Å². The lowest BCUT2D eigenvalue weighted by atomic mass is 9.92. The number of piperidine rings is 1. The third-order valence-corrected chi connectivity index (χ3v) is 7.42. The van der Waals surface area contributed by atoms with Crippen molar-refractivity contribution in [2.24, 2.45) is 0 Å². The van der Waals surface area contributed by atoms with Crippen LogP contribution in [0.3, 0.4) is 0 Å². The van der Waals surface area contributed by atoms with Gasteiger partial charge in [0, 0.05) is 13.1 Å². The van der Waals surface area contributed by atoms with E-state index < -0.39 is 48.7 Å². The molecule has 1 fully saturated rings. The van der Waals surface area contributed by atoms with E-state index in [1.165, 1.54) is 29.2 Å². The minimum Gasteiger partial charge on any atom is -0.453 e. The van der Waals surface area contributed by atoms with Crippen LogP contribution in [-0.4, -0.2) is 66.7 Å². The van der Waals surface area contributed by atoms with Crippen molar-refractivity contribution in [2.75, 3.05) is 13.1 Å². The molecule has 0 saturated carbocycles. The van der Waals surface area contributed by atoms with E-state index in [1.54, 1.807) is 66.7 Å². The smallest absolute Gasteiger partial charge is 0.338 e. The lowest BCUT2D eigenvalue weighted by molar-refractivity contribution is -0.170. The van der Waals surface area contributed by atoms with Crippen LogP contribution in [0.1, 0.15) is 36.6 Å². The fourth-order valence-corrected chi connectivity index (χ4v) is 5.23. The van der Waals surface area contributed by atoms with E-state index in [0.717, 1.165) is 5.56 Å². The van der Waals surface area contributed by atoms with Crippen molar-refractivity contribution in [3.05, 3.63) is 144 Å². The molecule has 0 amide bonds. The van der Waals surface area contributed by atoms with E-state index in [-0.39, 0.29) is 29.8 Å². The zero-order valence-corrected chi connectivity index (χ0v) is 23.7. The van der Waals surface area contributed by atoms with Gasteiger partial charge in [0.25, 0.3) is 6.43 Å². The highest BCUT2D eigenvalue weighted by atomic mass is 19.3. The van der Waals surface area contributed by atoms with Gasteiger partial charge in [-0.05, 0) is 48.4 Å². The molecule has 0 unspecified atom stereocenters. The van der Waals surface area contributed by atoms with Gasteiger partial charge in [-0.25, -0.2) is 23.2 Å². The van der Waals surface area contributed by atoms with Crippen molar-refractivity contribution in [3.8, 4) is 0 Å². The van der Waals surface area contributed by atoms with Crippen molar-refractivity contribution in [2.45, 2.75) is 37.2 Å². The number of nitrogens with zero attached hydrogens (tertiary/aromatic N) is 1. The molecule has 0 N–H and O–H groups in total. The average molecular weight is 600 g/mol. The minimum absolute atomic E-state index is 0.132. The predicted molar refractivity (Wildman–Crippen MR) is 158 cm³/mol. The summed E-state index contributed by atoms with van der Waals surface area (Å²) < 4.78 is 47.5. The Morgan fingerprint density at radius 2 is 1.02 bits per heavy atom. The van der Waals surface area contributed by atoms with Crippen LogP contribution in [0.15, 0.2) is 121 Å². The Hall–Kier alpha value is -4.89. The molecule has 226 valence electrons. The molecule has 9 heteroatoms. The van der Waals surface area contributed by atoms with E-state index in [2.05, 4.69) is 0 Å². The Balaban J connectivity index is 1.52. The van der Waals surface area contributed by atoms with Crippen LogP contribution in [0.4, 0.5) is 8.78 Å². The van der Waals surface area contributed by atoms with Crippen molar-refractivity contribution in [1.29, 1.82) is 0 Å². The third-order valence-electron chi connectivity index (χ3n) is 7.42. The average Bonchev–Trinajstić information content (AvgIpc) is 3.06. The number of rotatable bonds is 10. The number of halogens is 2. The highest BCUT2D eigenvalue weighted by Crippen LogP contribution is 2.32. The largest absolute Gasteiger partial charge is 0.453 e. The van der Waals surface area contributed by atoms with Crippen LogP contribution < -0.4 is 0 Å². The first-order valence-corrected chi connectivity index (χ1v) is 14.2. The van der Waals surface area contributed by atoms with Crippen LogP contribution in [0, 0.1) is 0 Å². The number of likely N-dealkylation sites (tertiary alicyclic amines) is 1. The van der Waals surface area contributed by atoms with Gasteiger partial charge in [0.15, 0.2) is 18.3 Å². The summed E-state index contributed by atoms with van der Waals surface area (Å²) in [5.74, 6) is -2.44. The molecule has 0 spiro atoms. The number of hydrogen-bond acceptors (Lipinski definition) is 7. The molecule has 0 radical (unpaired) electrons. The van der Waals surface area contributed by atoms with Crippen molar-refractivity contribution < 1.29 is 37.4 Å². The first kappa shape index (κ1) is 30.6. The quantitative estimate of drug-likeness (QED) is 0.167. The van der Waals surface area contributed by atoms with Gasteiger partial charge in [-0.1, -0.05) is 84.9 Å². The molecule has 5 rings (SSSR count). The van der Waals surface area contributed by atoms with Crippen molar-refractivity contribution in [1.82, 2.24) is 4.90 Å². The predicted octanol–water partition coefficient (Wildman–Crippen LogP) is 5.86. The molecule has 44 heavy (non-hydrogen) atoms. The zero-order chi connectivity index (χ0) is 30.9. The normalized spacial score (nSPS) is 20.1. The number of carbonyl (C=O) groups is 3. The number of alkyl halides is 2. The van der Waals surface area contributed by atoms with Crippen LogP contribution in [0.5, 0.6) is 0 Å². The molecule has 1 aliphatic heterocycles.